The van der Waals surface area contributed by atoms with E-state index in [1.807, 2.05) is 12.1 Å². The van der Waals surface area contributed by atoms with Crippen molar-refractivity contribution < 1.29 is 0 Å². The predicted octanol–water partition coefficient (Wildman–Crippen LogP) is 4.16. The van der Waals surface area contributed by atoms with E-state index >= 15 is 0 Å². The van der Waals surface area contributed by atoms with Crippen molar-refractivity contribution in [2.45, 2.75) is 18.9 Å². The lowest BCUT2D eigenvalue weighted by Crippen LogP contribution is -2.37. The highest BCUT2D eigenvalue weighted by molar-refractivity contribution is 7.19. The molecular formula is C24H26N4OS. The fourth-order valence-corrected chi connectivity index (χ4v) is 4.62. The van der Waals surface area contributed by atoms with E-state index in [-0.39, 0.29) is 11.6 Å². The van der Waals surface area contributed by atoms with Gasteiger partial charge < -0.3 is 15.2 Å². The van der Waals surface area contributed by atoms with Crippen molar-refractivity contribution in [3.63, 3.8) is 0 Å². The minimum atomic E-state index is -0.225. The molecule has 0 amide bonds. The monoisotopic (exact) mass is 418 g/mol. The molecule has 0 saturated carbocycles. The molecule has 0 aliphatic heterocycles. The molecule has 2 heterocycles. The summed E-state index contributed by atoms with van der Waals surface area (Å²) in [6, 6.07) is 22.8. The topological polar surface area (TPSA) is 61.0 Å². The molecule has 0 unspecified atom stereocenters. The van der Waals surface area contributed by atoms with Crippen molar-refractivity contribution in [1.29, 1.82) is 0 Å². The number of H-pyrrole nitrogens is 1. The Balaban J connectivity index is 1.46. The third-order valence-electron chi connectivity index (χ3n) is 5.19. The van der Waals surface area contributed by atoms with Gasteiger partial charge in [-0.05, 0) is 43.6 Å². The number of benzene rings is 2. The second-order valence-corrected chi connectivity index (χ2v) is 8.88. The molecule has 0 aliphatic carbocycles. The third-order valence-corrected chi connectivity index (χ3v) is 6.31. The molecule has 2 aromatic carbocycles. The highest BCUT2D eigenvalue weighted by atomic mass is 32.1. The van der Waals surface area contributed by atoms with Crippen molar-refractivity contribution in [2.24, 2.45) is 0 Å². The summed E-state index contributed by atoms with van der Waals surface area (Å²) in [5, 5.41) is 4.57. The predicted molar refractivity (Wildman–Crippen MR) is 126 cm³/mol. The van der Waals surface area contributed by atoms with Crippen molar-refractivity contribution in [2.75, 3.05) is 26.0 Å². The molecule has 30 heavy (non-hydrogen) atoms. The Labute approximate surface area is 180 Å². The molecule has 4 rings (SSSR count). The summed E-state index contributed by atoms with van der Waals surface area (Å²) < 4.78 is 1.26. The van der Waals surface area contributed by atoms with Gasteiger partial charge in [-0.15, -0.1) is 11.3 Å². The normalized spacial score (nSPS) is 12.4. The van der Waals surface area contributed by atoms with Gasteiger partial charge in [-0.3, -0.25) is 4.79 Å². The van der Waals surface area contributed by atoms with E-state index in [0.717, 1.165) is 12.1 Å². The number of nitrogens with zero attached hydrogens (tertiary/aromatic N) is 2. The lowest BCUT2D eigenvalue weighted by Gasteiger charge is -2.25. The molecule has 1 atom stereocenters. The van der Waals surface area contributed by atoms with E-state index in [0.29, 0.717) is 18.9 Å². The third kappa shape index (κ3) is 5.14. The number of hydrogen-bond donors (Lipinski definition) is 2. The molecule has 0 aliphatic rings. The van der Waals surface area contributed by atoms with E-state index in [4.69, 9.17) is 0 Å². The van der Waals surface area contributed by atoms with Crippen molar-refractivity contribution in [3.8, 4) is 0 Å². The summed E-state index contributed by atoms with van der Waals surface area (Å²) in [4.78, 5) is 23.0. The van der Waals surface area contributed by atoms with Crippen LogP contribution in [0, 0.1) is 0 Å². The number of nitrogens with one attached hydrogen (secondary N) is 2. The number of likely N-dealkylation sites (N-methyl/N-ethyl adjacent to an activating group) is 1. The Morgan fingerprint density at radius 2 is 1.83 bits per heavy atom. The van der Waals surface area contributed by atoms with Gasteiger partial charge in [0.1, 0.15) is 0 Å². The van der Waals surface area contributed by atoms with E-state index in [1.54, 1.807) is 17.4 Å². The summed E-state index contributed by atoms with van der Waals surface area (Å²) in [7, 11) is 4.15. The zero-order chi connectivity index (χ0) is 20.9. The van der Waals surface area contributed by atoms with Crippen LogP contribution in [-0.2, 0) is 12.8 Å². The Morgan fingerprint density at radius 3 is 2.60 bits per heavy atom. The number of hydrogen-bond acceptors (Lipinski definition) is 5. The molecule has 0 bridgehead atoms. The summed E-state index contributed by atoms with van der Waals surface area (Å²) in [5.41, 5.74) is 1.93. The SMILES string of the molecule is CN(C)[C@@H](CNc1nc(=O)cc(Cc2cc3ccccc3s2)[nH]1)Cc1ccccc1. The fourth-order valence-electron chi connectivity index (χ4n) is 3.54. The van der Waals surface area contributed by atoms with E-state index < -0.39 is 0 Å². The van der Waals surface area contributed by atoms with Gasteiger partial charge in [-0.1, -0.05) is 48.5 Å². The standard InChI is InChI=1S/C24H26N4OS/c1-28(2)20(12-17-8-4-3-5-9-17)16-25-24-26-19(15-23(29)27-24)14-21-13-18-10-6-7-11-22(18)30-21/h3-11,13,15,20H,12,14,16H2,1-2H3,(H2,25,26,27,29)/t20-/m1/s1. The Morgan fingerprint density at radius 1 is 1.07 bits per heavy atom. The van der Waals surface area contributed by atoms with E-state index in [1.165, 1.54) is 20.5 Å². The van der Waals surface area contributed by atoms with Crippen LogP contribution in [0.25, 0.3) is 10.1 Å². The van der Waals surface area contributed by atoms with Gasteiger partial charge in [0.15, 0.2) is 0 Å². The van der Waals surface area contributed by atoms with Gasteiger partial charge in [-0.25, -0.2) is 0 Å². The van der Waals surface area contributed by atoms with Crippen LogP contribution in [0.3, 0.4) is 0 Å². The number of aromatic amines is 1. The van der Waals surface area contributed by atoms with Gasteiger partial charge in [0.05, 0.1) is 0 Å². The van der Waals surface area contributed by atoms with Crippen molar-refractivity contribution in [3.05, 3.63) is 93.2 Å². The Bertz CT molecular complexity index is 1130. The average molecular weight is 419 g/mol. The molecular weight excluding hydrogens is 392 g/mol. The van der Waals surface area contributed by atoms with Gasteiger partial charge >= 0.3 is 0 Å². The minimum absolute atomic E-state index is 0.225. The first-order valence-corrected chi connectivity index (χ1v) is 10.9. The highest BCUT2D eigenvalue weighted by Gasteiger charge is 2.13. The van der Waals surface area contributed by atoms with Crippen molar-refractivity contribution >= 4 is 27.4 Å². The summed E-state index contributed by atoms with van der Waals surface area (Å²) in [5.74, 6) is 0.526. The highest BCUT2D eigenvalue weighted by Crippen LogP contribution is 2.26. The van der Waals surface area contributed by atoms with Gasteiger partial charge in [0, 0.05) is 40.3 Å². The fraction of sp³-hybridized carbons (Fsp3) is 0.250. The average Bonchev–Trinajstić information content (AvgIpc) is 3.13. The van der Waals surface area contributed by atoms with Crippen LogP contribution in [0.5, 0.6) is 0 Å². The first-order valence-electron chi connectivity index (χ1n) is 10.1. The second kappa shape index (κ2) is 9.24. The lowest BCUT2D eigenvalue weighted by molar-refractivity contribution is 0.303. The smallest absolute Gasteiger partial charge is 0.274 e. The van der Waals surface area contributed by atoms with Gasteiger partial charge in [0.25, 0.3) is 5.56 Å². The zero-order valence-corrected chi connectivity index (χ0v) is 18.1. The maximum atomic E-state index is 12.2. The number of rotatable bonds is 8. The molecule has 0 radical (unpaired) electrons. The second-order valence-electron chi connectivity index (χ2n) is 7.71. The number of aromatic nitrogens is 2. The van der Waals surface area contributed by atoms with E-state index in [2.05, 4.69) is 82.8 Å². The maximum Gasteiger partial charge on any atom is 0.274 e. The zero-order valence-electron chi connectivity index (χ0n) is 17.3. The first-order chi connectivity index (χ1) is 14.6. The van der Waals surface area contributed by atoms with Crippen LogP contribution in [0.15, 0.2) is 71.5 Å². The quantitative estimate of drug-likeness (QED) is 0.451. The largest absolute Gasteiger partial charge is 0.354 e. The van der Waals surface area contributed by atoms with Crippen LogP contribution in [0.1, 0.15) is 16.1 Å². The molecule has 6 heteroatoms. The Hall–Kier alpha value is -2.96. The first kappa shape index (κ1) is 20.3. The lowest BCUT2D eigenvalue weighted by atomic mass is 10.1. The van der Waals surface area contributed by atoms with Crippen LogP contribution < -0.4 is 10.9 Å². The summed E-state index contributed by atoms with van der Waals surface area (Å²) in [6.07, 6.45) is 1.61. The van der Waals surface area contributed by atoms with E-state index in [9.17, 15) is 4.79 Å². The molecule has 0 saturated heterocycles. The molecule has 5 nitrogen and oxygen atoms in total. The van der Waals surface area contributed by atoms with Crippen LogP contribution in [-0.4, -0.2) is 41.5 Å². The Kier molecular flexibility index (Phi) is 6.26. The van der Waals surface area contributed by atoms with Gasteiger partial charge in [0.2, 0.25) is 5.95 Å². The van der Waals surface area contributed by atoms with Crippen molar-refractivity contribution in [1.82, 2.24) is 14.9 Å². The maximum absolute atomic E-state index is 12.2. The minimum Gasteiger partial charge on any atom is -0.354 e. The molecule has 154 valence electrons. The molecule has 2 aromatic heterocycles. The molecule has 0 fully saturated rings. The van der Waals surface area contributed by atoms with Crippen LogP contribution in [0.4, 0.5) is 5.95 Å². The molecule has 0 spiro atoms. The number of thiophene rings is 1. The summed E-state index contributed by atoms with van der Waals surface area (Å²) >= 11 is 1.76. The molecule has 2 N–H and O–H groups in total. The molecule has 4 aromatic rings. The van der Waals surface area contributed by atoms with Gasteiger partial charge in [-0.2, -0.15) is 4.98 Å². The van der Waals surface area contributed by atoms with Crippen LogP contribution in [0.2, 0.25) is 0 Å². The number of anilines is 1. The number of fused-ring (bicyclic) bond motifs is 1. The van der Waals surface area contributed by atoms with Crippen LogP contribution >= 0.6 is 11.3 Å². The summed E-state index contributed by atoms with van der Waals surface area (Å²) in [6.45, 7) is 0.692.